The Morgan fingerprint density at radius 1 is 1.21 bits per heavy atom. The van der Waals surface area contributed by atoms with E-state index in [0.717, 1.165) is 29.9 Å². The molecule has 1 aliphatic rings. The lowest BCUT2D eigenvalue weighted by atomic mass is 10.1. The number of piperidine rings is 1. The molecule has 1 aliphatic heterocycles. The first-order valence-corrected chi connectivity index (χ1v) is 8.28. The van der Waals surface area contributed by atoms with Crippen molar-refractivity contribution in [1.82, 2.24) is 9.47 Å². The zero-order valence-corrected chi connectivity index (χ0v) is 14.4. The second kappa shape index (κ2) is 6.77. The van der Waals surface area contributed by atoms with Crippen molar-refractivity contribution in [1.29, 1.82) is 0 Å². The molecule has 0 aliphatic carbocycles. The Balaban J connectivity index is 1.88. The summed E-state index contributed by atoms with van der Waals surface area (Å²) in [4.78, 5) is 14.8. The van der Waals surface area contributed by atoms with Gasteiger partial charge in [0.1, 0.15) is 5.82 Å². The van der Waals surface area contributed by atoms with Crippen molar-refractivity contribution >= 4 is 5.91 Å². The lowest BCUT2D eigenvalue weighted by Crippen LogP contribution is -2.40. The lowest BCUT2D eigenvalue weighted by Gasteiger charge is -2.31. The van der Waals surface area contributed by atoms with Gasteiger partial charge in [-0.2, -0.15) is 0 Å². The van der Waals surface area contributed by atoms with Gasteiger partial charge in [0.25, 0.3) is 5.91 Å². The molecule has 1 aromatic carbocycles. The molecular weight excluding hydrogens is 307 g/mol. The van der Waals surface area contributed by atoms with Gasteiger partial charge in [-0.1, -0.05) is 6.07 Å². The Morgan fingerprint density at radius 2 is 1.92 bits per heavy atom. The van der Waals surface area contributed by atoms with Crippen LogP contribution in [0.1, 0.15) is 34.6 Å². The number of nitrogens with zero attached hydrogens (tertiary/aromatic N) is 2. The van der Waals surface area contributed by atoms with Crippen LogP contribution in [0.25, 0.3) is 5.69 Å². The molecule has 0 saturated carbocycles. The largest absolute Gasteiger partial charge is 0.381 e. The first-order chi connectivity index (χ1) is 11.5. The molecule has 0 atom stereocenters. The number of aromatic nitrogens is 1. The Hall–Kier alpha value is -2.14. The van der Waals surface area contributed by atoms with Crippen LogP contribution in [-0.4, -0.2) is 41.7 Å². The summed E-state index contributed by atoms with van der Waals surface area (Å²) < 4.78 is 20.8. The van der Waals surface area contributed by atoms with Gasteiger partial charge in [-0.15, -0.1) is 0 Å². The summed E-state index contributed by atoms with van der Waals surface area (Å²) in [5.74, 6) is -0.241. The number of rotatable bonds is 3. The predicted octanol–water partition coefficient (Wildman–Crippen LogP) is 3.48. The van der Waals surface area contributed by atoms with Crippen LogP contribution in [0.3, 0.4) is 0 Å². The molecule has 1 amide bonds. The smallest absolute Gasteiger partial charge is 0.255 e. The van der Waals surface area contributed by atoms with Gasteiger partial charge in [-0.05, 0) is 51.0 Å². The van der Waals surface area contributed by atoms with Gasteiger partial charge < -0.3 is 14.2 Å². The molecule has 2 aromatic rings. The van der Waals surface area contributed by atoms with Gasteiger partial charge in [0.15, 0.2) is 0 Å². The minimum atomic E-state index is -0.283. The summed E-state index contributed by atoms with van der Waals surface area (Å²) in [7, 11) is 1.72. The van der Waals surface area contributed by atoms with E-state index in [9.17, 15) is 9.18 Å². The normalized spacial score (nSPS) is 15.8. The number of methoxy groups -OCH3 is 1. The minimum Gasteiger partial charge on any atom is -0.381 e. The first-order valence-electron chi connectivity index (χ1n) is 8.28. The van der Waals surface area contributed by atoms with Crippen LogP contribution < -0.4 is 0 Å². The summed E-state index contributed by atoms with van der Waals surface area (Å²) in [6.45, 7) is 5.26. The Kier molecular flexibility index (Phi) is 4.71. The third-order valence-electron chi connectivity index (χ3n) is 4.79. The van der Waals surface area contributed by atoms with E-state index in [4.69, 9.17) is 4.74 Å². The molecular formula is C19H23FN2O2. The Morgan fingerprint density at radius 3 is 2.54 bits per heavy atom. The zero-order chi connectivity index (χ0) is 17.3. The van der Waals surface area contributed by atoms with E-state index in [1.165, 1.54) is 12.1 Å². The van der Waals surface area contributed by atoms with Crippen LogP contribution in [0.5, 0.6) is 0 Å². The molecule has 2 heterocycles. The molecule has 1 fully saturated rings. The molecule has 24 heavy (non-hydrogen) atoms. The molecule has 4 nitrogen and oxygen atoms in total. The van der Waals surface area contributed by atoms with Crippen LogP contribution in [0, 0.1) is 19.7 Å². The average molecular weight is 330 g/mol. The highest BCUT2D eigenvalue weighted by atomic mass is 19.1. The van der Waals surface area contributed by atoms with Gasteiger partial charge >= 0.3 is 0 Å². The third-order valence-corrected chi connectivity index (χ3v) is 4.79. The maximum atomic E-state index is 13.5. The molecule has 1 aromatic heterocycles. The molecule has 128 valence electrons. The van der Waals surface area contributed by atoms with Crippen LogP contribution in [0.15, 0.2) is 30.3 Å². The molecule has 1 saturated heterocycles. The van der Waals surface area contributed by atoms with Crippen LogP contribution in [0.4, 0.5) is 4.39 Å². The third kappa shape index (κ3) is 3.08. The van der Waals surface area contributed by atoms with E-state index >= 15 is 0 Å². The van der Waals surface area contributed by atoms with E-state index in [1.54, 1.807) is 13.2 Å². The number of amides is 1. The predicted molar refractivity (Wildman–Crippen MR) is 91.1 cm³/mol. The summed E-state index contributed by atoms with van der Waals surface area (Å²) in [6, 6.07) is 8.33. The van der Waals surface area contributed by atoms with Crippen molar-refractivity contribution < 1.29 is 13.9 Å². The number of carbonyl (C=O) groups excluding carboxylic acids is 1. The number of hydrogen-bond donors (Lipinski definition) is 0. The van der Waals surface area contributed by atoms with E-state index in [2.05, 4.69) is 0 Å². The number of halogens is 1. The SMILES string of the molecule is COC1CCN(C(=O)c2cc(C)n(-c3cccc(F)c3)c2C)CC1. The zero-order valence-electron chi connectivity index (χ0n) is 14.4. The Labute approximate surface area is 141 Å². The number of aryl methyl sites for hydroxylation is 1. The summed E-state index contributed by atoms with van der Waals surface area (Å²) in [5.41, 5.74) is 3.19. The fourth-order valence-corrected chi connectivity index (χ4v) is 3.46. The van der Waals surface area contributed by atoms with E-state index in [-0.39, 0.29) is 17.8 Å². The van der Waals surface area contributed by atoms with E-state index in [0.29, 0.717) is 18.7 Å². The molecule has 0 radical (unpaired) electrons. The second-order valence-corrected chi connectivity index (χ2v) is 6.33. The molecule has 3 rings (SSSR count). The molecule has 0 bridgehead atoms. The van der Waals surface area contributed by atoms with Crippen molar-refractivity contribution in [2.75, 3.05) is 20.2 Å². The lowest BCUT2D eigenvalue weighted by molar-refractivity contribution is 0.0350. The fraction of sp³-hybridized carbons (Fsp3) is 0.421. The highest BCUT2D eigenvalue weighted by molar-refractivity contribution is 5.96. The van der Waals surface area contributed by atoms with Crippen molar-refractivity contribution in [3.05, 3.63) is 53.1 Å². The van der Waals surface area contributed by atoms with Crippen molar-refractivity contribution in [3.63, 3.8) is 0 Å². The fourth-order valence-electron chi connectivity index (χ4n) is 3.46. The van der Waals surface area contributed by atoms with Crippen molar-refractivity contribution in [2.24, 2.45) is 0 Å². The van der Waals surface area contributed by atoms with Crippen molar-refractivity contribution in [2.45, 2.75) is 32.8 Å². The molecule has 0 N–H and O–H groups in total. The van der Waals surface area contributed by atoms with Gasteiger partial charge in [0, 0.05) is 37.3 Å². The quantitative estimate of drug-likeness (QED) is 0.863. The van der Waals surface area contributed by atoms with E-state index in [1.807, 2.05) is 35.4 Å². The average Bonchev–Trinajstić information content (AvgIpc) is 2.89. The standard InChI is InChI=1S/C19H23FN2O2/c1-13-11-18(19(23)21-9-7-17(24-3)8-10-21)14(2)22(13)16-6-4-5-15(20)12-16/h4-6,11-12,17H,7-10H2,1-3H3. The highest BCUT2D eigenvalue weighted by Gasteiger charge is 2.26. The van der Waals surface area contributed by atoms with Gasteiger partial charge in [-0.25, -0.2) is 4.39 Å². The molecule has 5 heteroatoms. The molecule has 0 unspecified atom stereocenters. The summed E-state index contributed by atoms with van der Waals surface area (Å²) in [5, 5.41) is 0. The van der Waals surface area contributed by atoms with E-state index < -0.39 is 0 Å². The minimum absolute atomic E-state index is 0.0420. The molecule has 0 spiro atoms. The summed E-state index contributed by atoms with van der Waals surface area (Å²) in [6.07, 6.45) is 1.98. The van der Waals surface area contributed by atoms with Gasteiger partial charge in [0.2, 0.25) is 0 Å². The van der Waals surface area contributed by atoms with Crippen LogP contribution >= 0.6 is 0 Å². The van der Waals surface area contributed by atoms with Crippen molar-refractivity contribution in [3.8, 4) is 5.69 Å². The summed E-state index contributed by atoms with van der Waals surface area (Å²) >= 11 is 0. The number of ether oxygens (including phenoxy) is 1. The maximum absolute atomic E-state index is 13.5. The monoisotopic (exact) mass is 330 g/mol. The number of hydrogen-bond acceptors (Lipinski definition) is 2. The number of likely N-dealkylation sites (tertiary alicyclic amines) is 1. The Bertz CT molecular complexity index is 746. The number of carbonyl (C=O) groups is 1. The van der Waals surface area contributed by atoms with Gasteiger partial charge in [-0.3, -0.25) is 4.79 Å². The number of benzene rings is 1. The first kappa shape index (κ1) is 16.7. The highest BCUT2D eigenvalue weighted by Crippen LogP contribution is 2.24. The second-order valence-electron chi connectivity index (χ2n) is 6.33. The van der Waals surface area contributed by atoms with Crippen LogP contribution in [-0.2, 0) is 4.74 Å². The maximum Gasteiger partial charge on any atom is 0.255 e. The van der Waals surface area contributed by atoms with Crippen LogP contribution in [0.2, 0.25) is 0 Å². The van der Waals surface area contributed by atoms with Gasteiger partial charge in [0.05, 0.1) is 11.7 Å². The topological polar surface area (TPSA) is 34.5 Å².